The molecule has 2 aliphatic heterocycles. The molecule has 11 heteroatoms. The van der Waals surface area contributed by atoms with Gasteiger partial charge in [0, 0.05) is 60.1 Å². The number of carbonyl (C=O) groups excluding carboxylic acids is 3. The second kappa shape index (κ2) is 12.9. The van der Waals surface area contributed by atoms with E-state index in [-0.39, 0.29) is 12.5 Å². The molecule has 4 aromatic rings. The van der Waals surface area contributed by atoms with Crippen molar-refractivity contribution in [2.75, 3.05) is 21.0 Å². The molecule has 0 radical (unpaired) electrons. The van der Waals surface area contributed by atoms with Crippen LogP contribution in [0.1, 0.15) is 35.3 Å². The van der Waals surface area contributed by atoms with Gasteiger partial charge in [0.25, 0.3) is 11.8 Å². The molecular weight excluding hydrogens is 590 g/mol. The minimum Gasteiger partial charge on any atom is -0.454 e. The number of ether oxygens (including phenoxy) is 5. The zero-order valence-electron chi connectivity index (χ0n) is 25.8. The van der Waals surface area contributed by atoms with Gasteiger partial charge in [-0.3, -0.25) is 9.59 Å². The second-order valence-corrected chi connectivity index (χ2v) is 10.9. The van der Waals surface area contributed by atoms with Crippen LogP contribution in [0, 0.1) is 0 Å². The predicted octanol–water partition coefficient (Wildman–Crippen LogP) is 4.51. The lowest BCUT2D eigenvalue weighted by atomic mass is 10.0. The first-order chi connectivity index (χ1) is 22.3. The Morgan fingerprint density at radius 1 is 0.957 bits per heavy atom. The number of allylic oxidation sites excluding steroid dienone is 2. The third-order valence-corrected chi connectivity index (χ3v) is 8.03. The Balaban J connectivity index is 1.29. The van der Waals surface area contributed by atoms with Crippen molar-refractivity contribution in [1.82, 2.24) is 15.2 Å². The van der Waals surface area contributed by atoms with E-state index in [9.17, 15) is 14.4 Å². The summed E-state index contributed by atoms with van der Waals surface area (Å²) in [6.45, 7) is 4.36. The summed E-state index contributed by atoms with van der Waals surface area (Å²) in [5.74, 6) is -0.156. The summed E-state index contributed by atoms with van der Waals surface area (Å²) in [6, 6.07) is 21.0. The summed E-state index contributed by atoms with van der Waals surface area (Å²) in [5.41, 5.74) is 4.39. The fraction of sp³-hybridized carbons (Fsp3) is 0.229. The fourth-order valence-corrected chi connectivity index (χ4v) is 5.66. The van der Waals surface area contributed by atoms with Crippen molar-refractivity contribution in [1.29, 1.82) is 0 Å². The Bertz CT molecular complexity index is 1890. The lowest BCUT2D eigenvalue weighted by molar-refractivity contribution is -0.148. The molecule has 0 spiro atoms. The number of esters is 1. The summed E-state index contributed by atoms with van der Waals surface area (Å²) >= 11 is 0. The van der Waals surface area contributed by atoms with Crippen LogP contribution in [0.3, 0.4) is 0 Å². The lowest BCUT2D eigenvalue weighted by Gasteiger charge is -2.25. The molecule has 0 saturated heterocycles. The number of hydrogen-bond donors (Lipinski definition) is 2. The average molecular weight is 624 g/mol. The molecule has 2 aliphatic rings. The number of fused-ring (bicyclic) bond motifs is 2. The standard InChI is InChI=1S/C35H33N3O8/c1-20(25-18-38(26-13-9-8-12-24(25)26)17-22-14-15-27-28(16-22)45-19-44-27)31-21(2)29(34(41)46-31)36-33(40)30(35(42-3)43-4)37-32(39)23-10-6-5-7-11-23/h5-16,18,30,35H,17,19H2,1-4H3,(H,36,40)(H,37,39)/b31-20-/t30-/m0/s1. The number of methoxy groups -OCH3 is 2. The van der Waals surface area contributed by atoms with Gasteiger partial charge in [0.05, 0.1) is 0 Å². The third-order valence-electron chi connectivity index (χ3n) is 8.03. The number of benzene rings is 3. The van der Waals surface area contributed by atoms with Crippen molar-refractivity contribution in [2.24, 2.45) is 0 Å². The maximum atomic E-state index is 13.5. The molecule has 0 unspecified atom stereocenters. The minimum absolute atomic E-state index is 0.0339. The molecule has 0 fully saturated rings. The topological polar surface area (TPSA) is 126 Å². The lowest BCUT2D eigenvalue weighted by Crippen LogP contribution is -2.54. The Hall–Kier alpha value is -5.39. The first-order valence-corrected chi connectivity index (χ1v) is 14.6. The highest BCUT2D eigenvalue weighted by molar-refractivity contribution is 6.03. The van der Waals surface area contributed by atoms with E-state index in [1.165, 1.54) is 14.2 Å². The number of hydrogen-bond acceptors (Lipinski definition) is 8. The SMILES string of the molecule is COC(OC)[C@@H](NC(=O)c1ccccc1)C(=O)NC1=C(C)/C(=C(\C)c2cn(Cc3ccc4c(c3)OCO4)c3ccccc23)OC1=O. The van der Waals surface area contributed by atoms with E-state index in [4.69, 9.17) is 23.7 Å². The molecule has 11 nitrogen and oxygen atoms in total. The Labute approximate surface area is 265 Å². The maximum absolute atomic E-state index is 13.5. The monoisotopic (exact) mass is 623 g/mol. The van der Waals surface area contributed by atoms with Crippen molar-refractivity contribution in [3.8, 4) is 11.5 Å². The van der Waals surface area contributed by atoms with E-state index in [1.807, 2.05) is 55.6 Å². The molecule has 2 N–H and O–H groups in total. The molecule has 2 amide bonds. The molecule has 1 atom stereocenters. The van der Waals surface area contributed by atoms with Crippen LogP contribution in [0.5, 0.6) is 11.5 Å². The number of nitrogens with zero attached hydrogens (tertiary/aromatic N) is 1. The number of amides is 2. The molecule has 0 bridgehead atoms. The van der Waals surface area contributed by atoms with Crippen molar-refractivity contribution < 1.29 is 38.1 Å². The molecule has 236 valence electrons. The zero-order valence-corrected chi connectivity index (χ0v) is 25.8. The molecule has 1 aromatic heterocycles. The smallest absolute Gasteiger partial charge is 0.360 e. The van der Waals surface area contributed by atoms with Crippen molar-refractivity contribution >= 4 is 34.3 Å². The van der Waals surface area contributed by atoms with Gasteiger partial charge in [0.1, 0.15) is 11.5 Å². The van der Waals surface area contributed by atoms with Crippen LogP contribution in [-0.4, -0.2) is 55.7 Å². The summed E-state index contributed by atoms with van der Waals surface area (Å²) in [4.78, 5) is 39.6. The first-order valence-electron chi connectivity index (χ1n) is 14.6. The van der Waals surface area contributed by atoms with E-state index >= 15 is 0 Å². The van der Waals surface area contributed by atoms with Crippen molar-refractivity contribution in [2.45, 2.75) is 32.7 Å². The largest absolute Gasteiger partial charge is 0.454 e. The van der Waals surface area contributed by atoms with Gasteiger partial charge in [-0.25, -0.2) is 4.79 Å². The molecule has 3 aromatic carbocycles. The molecule has 0 aliphatic carbocycles. The van der Waals surface area contributed by atoms with Crippen molar-refractivity contribution in [3.05, 3.63) is 113 Å². The zero-order chi connectivity index (χ0) is 32.4. The predicted molar refractivity (Wildman–Crippen MR) is 169 cm³/mol. The van der Waals surface area contributed by atoms with Crippen LogP contribution < -0.4 is 20.1 Å². The summed E-state index contributed by atoms with van der Waals surface area (Å²) < 4.78 is 29.5. The summed E-state index contributed by atoms with van der Waals surface area (Å²) in [7, 11) is 2.70. The van der Waals surface area contributed by atoms with Gasteiger partial charge in [-0.15, -0.1) is 0 Å². The van der Waals surface area contributed by atoms with Gasteiger partial charge in [0.2, 0.25) is 6.79 Å². The minimum atomic E-state index is -1.28. The average Bonchev–Trinajstić information content (AvgIpc) is 3.77. The Morgan fingerprint density at radius 2 is 1.67 bits per heavy atom. The van der Waals surface area contributed by atoms with E-state index in [1.54, 1.807) is 37.3 Å². The van der Waals surface area contributed by atoms with E-state index < -0.39 is 30.1 Å². The van der Waals surface area contributed by atoms with Gasteiger partial charge < -0.3 is 38.9 Å². The molecular formula is C35H33N3O8. The third kappa shape index (κ3) is 5.85. The first kappa shape index (κ1) is 30.6. The van der Waals surface area contributed by atoms with Gasteiger partial charge >= 0.3 is 5.97 Å². The van der Waals surface area contributed by atoms with Crippen LogP contribution in [0.2, 0.25) is 0 Å². The number of aromatic nitrogens is 1. The van der Waals surface area contributed by atoms with Crippen LogP contribution in [0.4, 0.5) is 0 Å². The van der Waals surface area contributed by atoms with Crippen LogP contribution in [0.15, 0.2) is 96.0 Å². The van der Waals surface area contributed by atoms with Crippen molar-refractivity contribution in [3.63, 3.8) is 0 Å². The number of nitrogens with one attached hydrogen (secondary N) is 2. The Morgan fingerprint density at radius 3 is 2.43 bits per heavy atom. The number of para-hydroxylation sites is 1. The number of carbonyl (C=O) groups is 3. The van der Waals surface area contributed by atoms with E-state index in [0.29, 0.717) is 29.2 Å². The second-order valence-electron chi connectivity index (χ2n) is 10.9. The quantitative estimate of drug-likeness (QED) is 0.195. The normalized spacial score (nSPS) is 15.7. The fourth-order valence-electron chi connectivity index (χ4n) is 5.66. The highest BCUT2D eigenvalue weighted by Gasteiger charge is 2.36. The van der Waals surface area contributed by atoms with Crippen LogP contribution in [0.25, 0.3) is 16.5 Å². The Kier molecular flexibility index (Phi) is 8.60. The van der Waals surface area contributed by atoms with Crippen LogP contribution >= 0.6 is 0 Å². The number of rotatable bonds is 10. The highest BCUT2D eigenvalue weighted by Crippen LogP contribution is 2.37. The molecule has 6 rings (SSSR count). The number of cyclic esters (lactones) is 1. The van der Waals surface area contributed by atoms with Gasteiger partial charge in [-0.1, -0.05) is 42.5 Å². The summed E-state index contributed by atoms with van der Waals surface area (Å²) in [5, 5.41) is 6.27. The van der Waals surface area contributed by atoms with Gasteiger partial charge in [0.15, 0.2) is 23.8 Å². The van der Waals surface area contributed by atoms with E-state index in [2.05, 4.69) is 15.2 Å². The maximum Gasteiger partial charge on any atom is 0.360 e. The molecule has 46 heavy (non-hydrogen) atoms. The summed E-state index contributed by atoms with van der Waals surface area (Å²) in [6.07, 6.45) is 0.894. The van der Waals surface area contributed by atoms with Gasteiger partial charge in [-0.05, 0) is 49.7 Å². The molecule has 0 saturated carbocycles. The highest BCUT2D eigenvalue weighted by atomic mass is 16.7. The van der Waals surface area contributed by atoms with E-state index in [0.717, 1.165) is 33.4 Å². The van der Waals surface area contributed by atoms with Gasteiger partial charge in [-0.2, -0.15) is 0 Å². The van der Waals surface area contributed by atoms with Crippen LogP contribution in [-0.2, 0) is 30.3 Å². The molecule has 3 heterocycles.